The lowest BCUT2D eigenvalue weighted by Crippen LogP contribution is -2.19. The van der Waals surface area contributed by atoms with Crippen molar-refractivity contribution in [1.29, 1.82) is 0 Å². The van der Waals surface area contributed by atoms with Crippen LogP contribution in [0.5, 0.6) is 0 Å². The van der Waals surface area contributed by atoms with Gasteiger partial charge in [0.05, 0.1) is 0 Å². The summed E-state index contributed by atoms with van der Waals surface area (Å²) in [7, 11) is -3.02. The number of benzene rings is 1. The first-order valence-corrected chi connectivity index (χ1v) is 6.16. The summed E-state index contributed by atoms with van der Waals surface area (Å²) in [6, 6.07) is 5.44. The van der Waals surface area contributed by atoms with Crippen LogP contribution in [0.1, 0.15) is 0 Å². The molecule has 1 aromatic rings. The molecule has 9 heteroatoms. The van der Waals surface area contributed by atoms with E-state index < -0.39 is 21.0 Å². The summed E-state index contributed by atoms with van der Waals surface area (Å²) in [5, 5.41) is 16.6. The number of hydrogen-bond acceptors (Lipinski definition) is 5. The smallest absolute Gasteiger partial charge is 0.324 e. The van der Waals surface area contributed by atoms with Crippen molar-refractivity contribution >= 4 is 21.8 Å². The topological polar surface area (TPSA) is 120 Å². The first-order valence-electron chi connectivity index (χ1n) is 4.72. The molecule has 0 heterocycles. The average molecular weight is 273 g/mol. The summed E-state index contributed by atoms with van der Waals surface area (Å²) in [4.78, 5) is 9.98. The Morgan fingerprint density at radius 2 is 2.00 bits per heavy atom. The minimum absolute atomic E-state index is 0.0720. The van der Waals surface area contributed by atoms with Gasteiger partial charge in [0.15, 0.2) is 0 Å². The third-order valence-electron chi connectivity index (χ3n) is 1.81. The Morgan fingerprint density at radius 1 is 1.39 bits per heavy atom. The highest BCUT2D eigenvalue weighted by Crippen LogP contribution is 2.23. The van der Waals surface area contributed by atoms with Gasteiger partial charge in [-0.25, -0.2) is 0 Å². The molecule has 0 spiro atoms. The lowest BCUT2D eigenvalue weighted by Gasteiger charge is -2.07. The highest BCUT2D eigenvalue weighted by Gasteiger charge is 2.14. The van der Waals surface area contributed by atoms with Crippen molar-refractivity contribution < 1.29 is 22.9 Å². The van der Waals surface area contributed by atoms with E-state index in [1.165, 1.54) is 31.3 Å². The zero-order valence-corrected chi connectivity index (χ0v) is 10.2. The van der Waals surface area contributed by atoms with Gasteiger partial charge >= 0.3 is 5.97 Å². The van der Waals surface area contributed by atoms with Gasteiger partial charge in [0.1, 0.15) is 17.1 Å². The van der Waals surface area contributed by atoms with Crippen molar-refractivity contribution in [3.63, 3.8) is 0 Å². The number of aliphatic carboxylic acids is 1. The van der Waals surface area contributed by atoms with Crippen LogP contribution >= 0.6 is 0 Å². The summed E-state index contributed by atoms with van der Waals surface area (Å²) >= 11 is 0. The third-order valence-corrected chi connectivity index (χ3v) is 2.71. The maximum Gasteiger partial charge on any atom is 0.324 e. The van der Waals surface area contributed by atoms with E-state index in [9.17, 15) is 13.2 Å². The molecule has 0 radical (unpaired) electrons. The molecule has 1 aromatic carbocycles. The van der Waals surface area contributed by atoms with E-state index in [-0.39, 0.29) is 12.2 Å². The molecule has 0 aliphatic carbocycles. The molecule has 0 atom stereocenters. The largest absolute Gasteiger partial charge is 0.480 e. The predicted molar refractivity (Wildman–Crippen MR) is 61.0 cm³/mol. The molecule has 0 saturated carbocycles. The lowest BCUT2D eigenvalue weighted by molar-refractivity contribution is -0.138. The fraction of sp³-hybridized carbons (Fsp3) is 0.222. The van der Waals surface area contributed by atoms with Crippen LogP contribution in [0.15, 0.2) is 39.5 Å². The second-order valence-electron chi connectivity index (χ2n) is 3.34. The van der Waals surface area contributed by atoms with Crippen molar-refractivity contribution in [3.8, 4) is 0 Å². The van der Waals surface area contributed by atoms with Crippen LogP contribution < -0.4 is 0 Å². The maximum absolute atomic E-state index is 11.0. The quantitative estimate of drug-likeness (QED) is 0.468. The van der Waals surface area contributed by atoms with Gasteiger partial charge in [-0.05, 0) is 12.1 Å². The number of carboxylic acids is 1. The molecular weight excluding hydrogens is 262 g/mol. The van der Waals surface area contributed by atoms with E-state index in [2.05, 4.69) is 10.3 Å². The molecule has 2 N–H and O–H groups in total. The Hall–Kier alpha value is -2.00. The molecule has 0 unspecified atom stereocenters. The Kier molecular flexibility index (Phi) is 4.34. The van der Waals surface area contributed by atoms with Crippen LogP contribution in [-0.2, 0) is 14.9 Å². The molecule has 18 heavy (non-hydrogen) atoms. The van der Waals surface area contributed by atoms with E-state index in [4.69, 9.17) is 9.66 Å². The number of rotatable bonds is 5. The maximum atomic E-state index is 11.0. The molecule has 0 aliphatic rings. The molecule has 0 bridgehead atoms. The van der Waals surface area contributed by atoms with Gasteiger partial charge in [0.2, 0.25) is 0 Å². The van der Waals surface area contributed by atoms with E-state index in [0.717, 1.165) is 5.01 Å². The van der Waals surface area contributed by atoms with Crippen molar-refractivity contribution in [2.45, 2.75) is 4.90 Å². The van der Waals surface area contributed by atoms with Crippen LogP contribution in [-0.4, -0.2) is 42.6 Å². The van der Waals surface area contributed by atoms with E-state index in [1.54, 1.807) is 0 Å². The van der Waals surface area contributed by atoms with Gasteiger partial charge in [-0.3, -0.25) is 14.4 Å². The fourth-order valence-electron chi connectivity index (χ4n) is 1.11. The molecule has 0 aliphatic heterocycles. The van der Waals surface area contributed by atoms with Crippen LogP contribution in [0.4, 0.5) is 5.69 Å². The second-order valence-corrected chi connectivity index (χ2v) is 4.73. The van der Waals surface area contributed by atoms with Crippen LogP contribution in [0.25, 0.3) is 0 Å². The molecule has 98 valence electrons. The summed E-state index contributed by atoms with van der Waals surface area (Å²) in [5.41, 5.74) is -0.0720. The molecule has 8 nitrogen and oxygen atoms in total. The molecular formula is C9H11N3O5S. The van der Waals surface area contributed by atoms with Gasteiger partial charge in [0, 0.05) is 7.05 Å². The molecule has 0 fully saturated rings. The van der Waals surface area contributed by atoms with Crippen molar-refractivity contribution in [1.82, 2.24) is 5.01 Å². The third kappa shape index (κ3) is 4.11. The van der Waals surface area contributed by atoms with Crippen LogP contribution in [0.2, 0.25) is 0 Å². The number of likely N-dealkylation sites (N-methyl/N-ethyl adjacent to an activating group) is 1. The SMILES string of the molecule is CN(CC(=O)O)/N=N/c1ccccc1S(=O)(=O)O. The Balaban J connectivity index is 2.98. The van der Waals surface area contributed by atoms with Crippen molar-refractivity contribution in [2.75, 3.05) is 13.6 Å². The molecule has 0 amide bonds. The van der Waals surface area contributed by atoms with Gasteiger partial charge in [-0.1, -0.05) is 17.4 Å². The van der Waals surface area contributed by atoms with Gasteiger partial charge in [-0.2, -0.15) is 8.42 Å². The summed E-state index contributed by atoms with van der Waals surface area (Å²) in [6.07, 6.45) is 0. The standard InChI is InChI=1S/C9H11N3O5S/c1-12(6-9(13)14)11-10-7-4-2-3-5-8(7)18(15,16)17/h2-5H,6H2,1H3,(H,13,14)(H,15,16,17)/b11-10+. The van der Waals surface area contributed by atoms with Gasteiger partial charge in [-0.15, -0.1) is 5.11 Å². The first kappa shape index (κ1) is 14.1. The van der Waals surface area contributed by atoms with Crippen LogP contribution in [0.3, 0.4) is 0 Å². The Morgan fingerprint density at radius 3 is 2.56 bits per heavy atom. The number of carbonyl (C=O) groups is 1. The Labute approximate surface area is 103 Å². The minimum atomic E-state index is -4.39. The average Bonchev–Trinajstić information content (AvgIpc) is 2.24. The highest BCUT2D eigenvalue weighted by molar-refractivity contribution is 7.86. The van der Waals surface area contributed by atoms with E-state index in [0.29, 0.717) is 0 Å². The summed E-state index contributed by atoms with van der Waals surface area (Å²) < 4.78 is 31.0. The molecule has 1 rings (SSSR count). The number of carboxylic acid groups (broad SMARTS) is 1. The zero-order valence-electron chi connectivity index (χ0n) is 9.39. The second kappa shape index (κ2) is 5.56. The fourth-order valence-corrected chi connectivity index (χ4v) is 1.73. The summed E-state index contributed by atoms with van der Waals surface area (Å²) in [6.45, 7) is -0.377. The number of nitrogens with zero attached hydrogens (tertiary/aromatic N) is 3. The van der Waals surface area contributed by atoms with Gasteiger partial charge < -0.3 is 5.11 Å². The minimum Gasteiger partial charge on any atom is -0.480 e. The Bertz CT molecular complexity index is 569. The predicted octanol–water partition coefficient (Wildman–Crippen LogP) is 0.948. The van der Waals surface area contributed by atoms with E-state index >= 15 is 0 Å². The lowest BCUT2D eigenvalue weighted by atomic mass is 10.3. The van der Waals surface area contributed by atoms with Crippen molar-refractivity contribution in [2.24, 2.45) is 10.3 Å². The normalized spacial score (nSPS) is 11.7. The highest BCUT2D eigenvalue weighted by atomic mass is 32.2. The van der Waals surface area contributed by atoms with E-state index in [1.807, 2.05) is 0 Å². The monoisotopic (exact) mass is 273 g/mol. The van der Waals surface area contributed by atoms with Crippen LogP contribution in [0, 0.1) is 0 Å². The van der Waals surface area contributed by atoms with Gasteiger partial charge in [0.25, 0.3) is 10.1 Å². The number of hydrogen-bond donors (Lipinski definition) is 2. The summed E-state index contributed by atoms with van der Waals surface area (Å²) in [5.74, 6) is -1.10. The molecule has 0 aromatic heterocycles. The molecule has 0 saturated heterocycles. The van der Waals surface area contributed by atoms with Crippen molar-refractivity contribution in [3.05, 3.63) is 24.3 Å². The first-order chi connectivity index (χ1) is 8.30. The zero-order chi connectivity index (χ0) is 13.8.